The van der Waals surface area contributed by atoms with Gasteiger partial charge >= 0.3 is 20.2 Å². The topological polar surface area (TPSA) is 144 Å². The van der Waals surface area contributed by atoms with Crippen LogP contribution in [0.5, 0.6) is 11.5 Å². The van der Waals surface area contributed by atoms with Crippen LogP contribution in [0.3, 0.4) is 0 Å². The van der Waals surface area contributed by atoms with Gasteiger partial charge in [0.1, 0.15) is 47.6 Å². The Labute approximate surface area is 378 Å². The highest BCUT2D eigenvalue weighted by Crippen LogP contribution is 2.55. The lowest BCUT2D eigenvalue weighted by Gasteiger charge is -2.31. The zero-order chi connectivity index (χ0) is 49.3. The number of phenolic OH excluding ortho intramolecular Hbond substituents is 1. The van der Waals surface area contributed by atoms with Crippen molar-refractivity contribution < 1.29 is 68.1 Å². The number of phosphoric ester groups is 1. The van der Waals surface area contributed by atoms with E-state index in [1.165, 1.54) is 24.3 Å². The van der Waals surface area contributed by atoms with E-state index >= 15 is 0 Å². The predicted octanol–water partition coefficient (Wildman–Crippen LogP) is 13.4. The van der Waals surface area contributed by atoms with Crippen LogP contribution in [0.2, 0.25) is 0 Å². The van der Waals surface area contributed by atoms with Gasteiger partial charge in [-0.15, -0.1) is 0 Å². The molecule has 2 aliphatic heterocycles. The van der Waals surface area contributed by atoms with Crippen LogP contribution in [-0.2, 0) is 35.4 Å². The third-order valence-electron chi connectivity index (χ3n) is 10.2. The SMILES string of the molecule is CC(C)(C)C1=C(c2ccc(-c3cc(C(F)(F)F)on3)c(O)c2)OCC1(C)C.[C-]#[N+]CCOP(=O)(OCC[N+]#[C-])Oc1cc(C2=C(C(C)(C)C)C(C)(C)CO2)ccc1-c1cc(C(F)(F)F)on1. The van der Waals surface area contributed by atoms with Crippen LogP contribution in [0.4, 0.5) is 26.3 Å². The maximum absolute atomic E-state index is 13.5. The zero-order valence-electron chi connectivity index (χ0n) is 38.1. The zero-order valence-corrected chi connectivity index (χ0v) is 39.0. The molecular weight excluding hydrogens is 897 g/mol. The summed E-state index contributed by atoms with van der Waals surface area (Å²) in [5.74, 6) is -1.63. The van der Waals surface area contributed by atoms with Gasteiger partial charge in [-0.3, -0.25) is 9.05 Å². The van der Waals surface area contributed by atoms with Crippen molar-refractivity contribution in [1.82, 2.24) is 10.3 Å². The molecule has 0 saturated heterocycles. The Balaban J connectivity index is 0.000000264. The van der Waals surface area contributed by atoms with Gasteiger partial charge in [-0.05, 0) is 46.2 Å². The highest BCUT2D eigenvalue weighted by molar-refractivity contribution is 7.48. The van der Waals surface area contributed by atoms with Gasteiger partial charge in [-0.25, -0.2) is 17.7 Å². The lowest BCUT2D eigenvalue weighted by molar-refractivity contribution is -0.156. The van der Waals surface area contributed by atoms with Crippen LogP contribution in [0.25, 0.3) is 43.7 Å². The molecule has 356 valence electrons. The number of hydrogen-bond acceptors (Lipinski definition) is 11. The average molecular weight is 949 g/mol. The van der Waals surface area contributed by atoms with Gasteiger partial charge in [0.15, 0.2) is 0 Å². The third kappa shape index (κ3) is 11.8. The lowest BCUT2D eigenvalue weighted by Crippen LogP contribution is -2.24. The quantitative estimate of drug-likeness (QED) is 0.0627. The Morgan fingerprint density at radius 1 is 0.682 bits per heavy atom. The first kappa shape index (κ1) is 51.2. The van der Waals surface area contributed by atoms with Crippen LogP contribution in [0.15, 0.2) is 68.7 Å². The fraction of sp³-hybridized carbons (Fsp3) is 0.478. The minimum Gasteiger partial charge on any atom is -0.507 e. The number of halogens is 6. The number of ether oxygens (including phenoxy) is 2. The molecule has 2 aromatic carbocycles. The first-order valence-corrected chi connectivity index (χ1v) is 22.0. The first-order chi connectivity index (χ1) is 30.4. The highest BCUT2D eigenvalue weighted by atomic mass is 31.2. The van der Waals surface area contributed by atoms with Crippen molar-refractivity contribution in [1.29, 1.82) is 0 Å². The predicted molar refractivity (Wildman–Crippen MR) is 231 cm³/mol. The Morgan fingerprint density at radius 3 is 1.47 bits per heavy atom. The number of phosphoric acid groups is 1. The summed E-state index contributed by atoms with van der Waals surface area (Å²) >= 11 is 0. The Bertz CT molecular complexity index is 2590. The number of aromatic hydroxyl groups is 1. The normalized spacial score (nSPS) is 16.3. The summed E-state index contributed by atoms with van der Waals surface area (Å²) < 4.78 is 128. The Kier molecular flexibility index (Phi) is 14.6. The molecule has 0 saturated carbocycles. The largest absolute Gasteiger partial charge is 0.530 e. The fourth-order valence-electron chi connectivity index (χ4n) is 8.09. The first-order valence-electron chi connectivity index (χ1n) is 20.5. The van der Waals surface area contributed by atoms with E-state index < -0.39 is 31.7 Å². The summed E-state index contributed by atoms with van der Waals surface area (Å²) in [6.45, 7) is 34.6. The molecule has 66 heavy (non-hydrogen) atoms. The maximum atomic E-state index is 13.5. The molecule has 6 rings (SSSR count). The summed E-state index contributed by atoms with van der Waals surface area (Å²) in [5.41, 5.74) is 2.33. The molecule has 0 atom stereocenters. The van der Waals surface area contributed by atoms with Gasteiger partial charge < -0.3 is 37.8 Å². The van der Waals surface area contributed by atoms with E-state index in [0.29, 0.717) is 41.9 Å². The standard InChI is InChI=1S/C26H29F3N3O6P.C20H22F3NO3/c1-24(2,3)23-22(34-16-25(23,4)5)17-8-9-18(19-15-21(37-32-19)26(27,28)29)20(14-17)38-39(33,35-12-10-30-6)36-13-11-31-7;1-18(2,3)17-16(26-10-19(17,4)5)11-6-7-12(14(25)8-11)13-9-15(27-24-13)20(21,22)23/h8-9,14-15H,10-13,16H2,1-5H3;6-9,25H,10H2,1-5H3. The number of rotatable bonds is 12. The molecule has 2 aliphatic rings. The Morgan fingerprint density at radius 2 is 1.09 bits per heavy atom. The van der Waals surface area contributed by atoms with Crippen molar-refractivity contribution in [3.63, 3.8) is 0 Å². The summed E-state index contributed by atoms with van der Waals surface area (Å²) in [7, 11) is -4.42. The van der Waals surface area contributed by atoms with Gasteiger partial charge in [0, 0.05) is 45.2 Å². The van der Waals surface area contributed by atoms with Gasteiger partial charge in [0.2, 0.25) is 24.6 Å². The van der Waals surface area contributed by atoms with Gasteiger partial charge in [-0.2, -0.15) is 26.3 Å². The minimum absolute atomic E-state index is 0.0240. The smallest absolute Gasteiger partial charge is 0.507 e. The van der Waals surface area contributed by atoms with E-state index in [9.17, 15) is 36.0 Å². The van der Waals surface area contributed by atoms with Crippen molar-refractivity contribution >= 4 is 19.3 Å². The number of nitrogens with zero attached hydrogens (tertiary/aromatic N) is 4. The molecule has 13 nitrogen and oxygen atoms in total. The maximum Gasteiger partial charge on any atom is 0.530 e. The van der Waals surface area contributed by atoms with Crippen molar-refractivity contribution in [3.8, 4) is 34.0 Å². The summed E-state index contributed by atoms with van der Waals surface area (Å²) in [4.78, 5) is 6.27. The van der Waals surface area contributed by atoms with Gasteiger partial charge in [-0.1, -0.05) is 91.7 Å². The Hall–Kier alpha value is -5.75. The summed E-state index contributed by atoms with van der Waals surface area (Å²) in [6, 6.07) is 10.7. The molecule has 0 aliphatic carbocycles. The molecule has 0 fully saturated rings. The van der Waals surface area contributed by atoms with E-state index in [-0.39, 0.29) is 82.0 Å². The number of benzene rings is 2. The lowest BCUT2D eigenvalue weighted by atomic mass is 9.71. The van der Waals surface area contributed by atoms with E-state index in [1.54, 1.807) is 12.1 Å². The van der Waals surface area contributed by atoms with Crippen molar-refractivity contribution in [2.75, 3.05) is 39.5 Å². The number of phenols is 1. The molecule has 4 aromatic rings. The van der Waals surface area contributed by atoms with Crippen LogP contribution in [0, 0.1) is 34.8 Å². The van der Waals surface area contributed by atoms with Crippen molar-refractivity contribution in [2.45, 2.75) is 81.6 Å². The van der Waals surface area contributed by atoms with Gasteiger partial charge in [0.05, 0.1) is 13.2 Å². The third-order valence-corrected chi connectivity index (χ3v) is 11.6. The van der Waals surface area contributed by atoms with Crippen molar-refractivity contribution in [2.24, 2.45) is 21.7 Å². The number of hydrogen-bond donors (Lipinski definition) is 1. The molecule has 0 unspecified atom stereocenters. The number of aromatic nitrogens is 2. The number of alkyl halides is 6. The molecule has 0 spiro atoms. The molecule has 0 bridgehead atoms. The van der Waals surface area contributed by atoms with Crippen LogP contribution < -0.4 is 4.52 Å². The molecule has 20 heteroatoms. The fourth-order valence-corrected chi connectivity index (χ4v) is 9.28. The van der Waals surface area contributed by atoms with Gasteiger partial charge in [0.25, 0.3) is 0 Å². The average Bonchev–Trinajstić information content (AvgIpc) is 4.00. The monoisotopic (exact) mass is 948 g/mol. The molecular formula is C46H51F6N4O9P. The van der Waals surface area contributed by atoms with Crippen LogP contribution in [0.1, 0.15) is 91.9 Å². The minimum atomic E-state index is -4.77. The van der Waals surface area contributed by atoms with E-state index in [2.05, 4.69) is 63.7 Å². The second-order valence-corrected chi connectivity index (χ2v) is 20.4. The van der Waals surface area contributed by atoms with E-state index in [1.807, 2.05) is 34.6 Å². The molecule has 0 radical (unpaired) electrons. The van der Waals surface area contributed by atoms with Crippen LogP contribution in [-0.4, -0.2) is 54.9 Å². The molecule has 4 heterocycles. The summed E-state index contributed by atoms with van der Waals surface area (Å²) in [6.07, 6.45) is -9.40. The molecule has 0 amide bonds. The van der Waals surface area contributed by atoms with Crippen molar-refractivity contribution in [3.05, 3.63) is 105 Å². The van der Waals surface area contributed by atoms with E-state index in [4.69, 9.17) is 36.2 Å². The second-order valence-electron chi connectivity index (χ2n) is 18.8. The summed E-state index contributed by atoms with van der Waals surface area (Å²) in [5, 5.41) is 17.3. The van der Waals surface area contributed by atoms with E-state index in [0.717, 1.165) is 17.2 Å². The van der Waals surface area contributed by atoms with Crippen LogP contribution >= 0.6 is 7.82 Å². The molecule has 1 N–H and O–H groups in total. The second kappa shape index (κ2) is 18.9. The molecule has 2 aromatic heterocycles. The highest BCUT2D eigenvalue weighted by Gasteiger charge is 2.44.